The maximum atomic E-state index is 11.8. The zero-order valence-electron chi connectivity index (χ0n) is 11.7. The summed E-state index contributed by atoms with van der Waals surface area (Å²) >= 11 is 0. The van der Waals surface area contributed by atoms with Crippen molar-refractivity contribution in [2.45, 2.75) is 19.4 Å². The minimum atomic E-state index is -0.589. The Hall–Kier alpha value is -2.63. The summed E-state index contributed by atoms with van der Waals surface area (Å²) in [6, 6.07) is 11.1. The molecule has 0 aliphatic heterocycles. The number of amides is 1. The van der Waals surface area contributed by atoms with Crippen LogP contribution in [0, 0.1) is 0 Å². The standard InChI is InChI=1S/C15H17N3O3/c1-11(12-5-3-2-4-6-12)9-16-14(20)10-18-8-7-13(19)17-15(18)21/h2-8,11H,9-10H2,1H3,(H,16,20)(H,17,19,21). The average molecular weight is 287 g/mol. The van der Waals surface area contributed by atoms with E-state index in [-0.39, 0.29) is 18.4 Å². The van der Waals surface area contributed by atoms with Crippen LogP contribution in [-0.2, 0) is 11.3 Å². The number of nitrogens with zero attached hydrogens (tertiary/aromatic N) is 1. The molecule has 6 nitrogen and oxygen atoms in total. The molecule has 0 fully saturated rings. The minimum Gasteiger partial charge on any atom is -0.354 e. The largest absolute Gasteiger partial charge is 0.354 e. The van der Waals surface area contributed by atoms with Crippen LogP contribution in [0.15, 0.2) is 52.2 Å². The lowest BCUT2D eigenvalue weighted by Crippen LogP contribution is -2.36. The molecule has 1 unspecified atom stereocenters. The predicted molar refractivity (Wildman–Crippen MR) is 79.2 cm³/mol. The molecule has 2 rings (SSSR count). The number of benzene rings is 1. The van der Waals surface area contributed by atoms with Crippen molar-refractivity contribution in [1.82, 2.24) is 14.9 Å². The van der Waals surface area contributed by atoms with Crippen LogP contribution in [-0.4, -0.2) is 22.0 Å². The first kappa shape index (κ1) is 14.8. The van der Waals surface area contributed by atoms with Gasteiger partial charge >= 0.3 is 5.69 Å². The van der Waals surface area contributed by atoms with Crippen LogP contribution < -0.4 is 16.6 Å². The zero-order chi connectivity index (χ0) is 15.2. The molecular formula is C15H17N3O3. The molecule has 6 heteroatoms. The molecule has 2 N–H and O–H groups in total. The second kappa shape index (κ2) is 6.69. The quantitative estimate of drug-likeness (QED) is 0.837. The Bertz CT molecular complexity index is 719. The summed E-state index contributed by atoms with van der Waals surface area (Å²) < 4.78 is 1.16. The summed E-state index contributed by atoms with van der Waals surface area (Å²) in [6.07, 6.45) is 1.31. The highest BCUT2D eigenvalue weighted by molar-refractivity contribution is 5.75. The summed E-state index contributed by atoms with van der Waals surface area (Å²) in [6.45, 7) is 2.39. The van der Waals surface area contributed by atoms with E-state index in [0.29, 0.717) is 6.54 Å². The van der Waals surface area contributed by atoms with Gasteiger partial charge in [0.25, 0.3) is 5.56 Å². The van der Waals surface area contributed by atoms with Gasteiger partial charge < -0.3 is 5.32 Å². The number of rotatable bonds is 5. The summed E-state index contributed by atoms with van der Waals surface area (Å²) in [4.78, 5) is 36.3. The van der Waals surface area contributed by atoms with E-state index in [9.17, 15) is 14.4 Å². The van der Waals surface area contributed by atoms with Crippen LogP contribution >= 0.6 is 0 Å². The number of hydrogen-bond donors (Lipinski definition) is 2. The van der Waals surface area contributed by atoms with E-state index in [1.165, 1.54) is 12.3 Å². The summed E-state index contributed by atoms with van der Waals surface area (Å²) in [7, 11) is 0. The van der Waals surface area contributed by atoms with Crippen molar-refractivity contribution < 1.29 is 4.79 Å². The molecule has 110 valence electrons. The molecule has 0 radical (unpaired) electrons. The number of hydrogen-bond acceptors (Lipinski definition) is 3. The summed E-state index contributed by atoms with van der Waals surface area (Å²) in [5, 5.41) is 2.78. The highest BCUT2D eigenvalue weighted by Gasteiger charge is 2.08. The third-order valence-electron chi connectivity index (χ3n) is 3.18. The van der Waals surface area contributed by atoms with Gasteiger partial charge in [0.15, 0.2) is 0 Å². The third kappa shape index (κ3) is 4.17. The molecule has 0 saturated carbocycles. The van der Waals surface area contributed by atoms with E-state index in [0.717, 1.165) is 10.1 Å². The van der Waals surface area contributed by atoms with Crippen molar-refractivity contribution in [3.05, 3.63) is 69.0 Å². The second-order valence-corrected chi connectivity index (χ2v) is 4.85. The topological polar surface area (TPSA) is 84.0 Å². The smallest absolute Gasteiger partial charge is 0.328 e. The van der Waals surface area contributed by atoms with Crippen LogP contribution in [0.4, 0.5) is 0 Å². The first-order valence-electron chi connectivity index (χ1n) is 6.67. The fraction of sp³-hybridized carbons (Fsp3) is 0.267. The van der Waals surface area contributed by atoms with Crippen molar-refractivity contribution in [2.75, 3.05) is 6.54 Å². The fourth-order valence-corrected chi connectivity index (χ4v) is 1.95. The van der Waals surface area contributed by atoms with E-state index in [1.54, 1.807) is 0 Å². The van der Waals surface area contributed by atoms with Gasteiger partial charge in [-0.3, -0.25) is 19.1 Å². The normalized spacial score (nSPS) is 11.9. The highest BCUT2D eigenvalue weighted by atomic mass is 16.2. The monoisotopic (exact) mass is 287 g/mol. The van der Waals surface area contributed by atoms with Crippen molar-refractivity contribution >= 4 is 5.91 Å². The number of aromatic nitrogens is 2. The Labute approximate surface area is 121 Å². The molecule has 1 atom stereocenters. The van der Waals surface area contributed by atoms with Crippen molar-refractivity contribution in [1.29, 1.82) is 0 Å². The third-order valence-corrected chi connectivity index (χ3v) is 3.18. The fourth-order valence-electron chi connectivity index (χ4n) is 1.95. The predicted octanol–water partition coefficient (Wildman–Crippen LogP) is 0.456. The first-order valence-corrected chi connectivity index (χ1v) is 6.67. The Kier molecular flexibility index (Phi) is 4.71. The number of H-pyrrole nitrogens is 1. The molecule has 2 aromatic rings. The molecule has 1 heterocycles. The molecule has 0 aliphatic carbocycles. The van der Waals surface area contributed by atoms with E-state index in [1.807, 2.05) is 37.3 Å². The first-order chi connectivity index (χ1) is 10.1. The van der Waals surface area contributed by atoms with Gasteiger partial charge in [0, 0.05) is 18.8 Å². The molecule has 1 aromatic heterocycles. The molecular weight excluding hydrogens is 270 g/mol. The van der Waals surface area contributed by atoms with Gasteiger partial charge in [-0.2, -0.15) is 0 Å². The van der Waals surface area contributed by atoms with E-state index in [2.05, 4.69) is 10.3 Å². The summed E-state index contributed by atoms with van der Waals surface area (Å²) in [5.41, 5.74) is 0.0714. The Morgan fingerprint density at radius 1 is 1.24 bits per heavy atom. The van der Waals surface area contributed by atoms with Crippen molar-refractivity contribution in [3.63, 3.8) is 0 Å². The molecule has 1 amide bonds. The van der Waals surface area contributed by atoms with Gasteiger partial charge in [0.2, 0.25) is 5.91 Å². The van der Waals surface area contributed by atoms with Gasteiger partial charge in [0.1, 0.15) is 6.54 Å². The molecule has 1 aromatic carbocycles. The molecule has 0 saturated heterocycles. The zero-order valence-corrected chi connectivity index (χ0v) is 11.7. The molecule has 21 heavy (non-hydrogen) atoms. The van der Waals surface area contributed by atoms with Crippen molar-refractivity contribution in [3.8, 4) is 0 Å². The van der Waals surface area contributed by atoms with E-state index >= 15 is 0 Å². The lowest BCUT2D eigenvalue weighted by Gasteiger charge is -2.13. The van der Waals surface area contributed by atoms with E-state index in [4.69, 9.17) is 0 Å². The second-order valence-electron chi connectivity index (χ2n) is 4.85. The number of aromatic amines is 1. The van der Waals surface area contributed by atoms with Gasteiger partial charge in [-0.25, -0.2) is 4.79 Å². The average Bonchev–Trinajstić information content (AvgIpc) is 2.48. The Morgan fingerprint density at radius 3 is 2.62 bits per heavy atom. The maximum Gasteiger partial charge on any atom is 0.328 e. The number of carbonyl (C=O) groups excluding carboxylic acids is 1. The molecule has 0 bridgehead atoms. The Balaban J connectivity index is 1.90. The number of nitrogens with one attached hydrogen (secondary N) is 2. The van der Waals surface area contributed by atoms with E-state index < -0.39 is 11.2 Å². The molecule has 0 spiro atoms. The van der Waals surface area contributed by atoms with Gasteiger partial charge in [-0.1, -0.05) is 37.3 Å². The summed E-state index contributed by atoms with van der Waals surface area (Å²) in [5.74, 6) is -0.0885. The van der Waals surface area contributed by atoms with Crippen molar-refractivity contribution in [2.24, 2.45) is 0 Å². The lowest BCUT2D eigenvalue weighted by molar-refractivity contribution is -0.121. The SMILES string of the molecule is CC(CNC(=O)Cn1ccc(=O)[nH]c1=O)c1ccccc1. The van der Waals surface area contributed by atoms with Crippen LogP contribution in [0.3, 0.4) is 0 Å². The van der Waals surface area contributed by atoms with Crippen LogP contribution in [0.25, 0.3) is 0 Å². The van der Waals surface area contributed by atoms with Crippen LogP contribution in [0.1, 0.15) is 18.4 Å². The minimum absolute atomic E-state index is 0.114. The van der Waals surface area contributed by atoms with Crippen LogP contribution in [0.5, 0.6) is 0 Å². The van der Waals surface area contributed by atoms with Gasteiger partial charge in [-0.05, 0) is 11.5 Å². The maximum absolute atomic E-state index is 11.8. The highest BCUT2D eigenvalue weighted by Crippen LogP contribution is 2.12. The van der Waals surface area contributed by atoms with Gasteiger partial charge in [0.05, 0.1) is 0 Å². The number of carbonyl (C=O) groups is 1. The Morgan fingerprint density at radius 2 is 1.95 bits per heavy atom. The lowest BCUT2D eigenvalue weighted by atomic mass is 10.0. The van der Waals surface area contributed by atoms with Crippen LogP contribution in [0.2, 0.25) is 0 Å². The van der Waals surface area contributed by atoms with Gasteiger partial charge in [-0.15, -0.1) is 0 Å². The molecule has 0 aliphatic rings.